The molecule has 0 saturated heterocycles. The van der Waals surface area contributed by atoms with Crippen LogP contribution in [-0.4, -0.2) is 20.0 Å². The van der Waals surface area contributed by atoms with Crippen molar-refractivity contribution in [3.63, 3.8) is 0 Å². The third-order valence-electron chi connectivity index (χ3n) is 5.68. The number of carbonyl (C=O) groups excluding carboxylic acids is 1. The molecule has 4 heteroatoms. The number of hydrogen-bond acceptors (Lipinski definition) is 4. The average molecular weight is 435 g/mol. The van der Waals surface area contributed by atoms with Crippen LogP contribution in [0.15, 0.2) is 54.1 Å². The number of benzene rings is 2. The standard InChI is InChI=1S/C28H34O4/c1-3-4-5-6-7-20-31-25-16-14-24(15-17-25)28(23-11-8-12-23)32-26-18-13-22(10-9-19-29)21-27(26)30-2/h9-10,13-19,21H,3-8,11-12,20H2,1-2H3/b10-9+. The van der Waals surface area contributed by atoms with Crippen LogP contribution in [0.5, 0.6) is 17.2 Å². The summed E-state index contributed by atoms with van der Waals surface area (Å²) in [6.07, 6.45) is 13.4. The van der Waals surface area contributed by atoms with E-state index in [1.807, 2.05) is 30.3 Å². The Morgan fingerprint density at radius 2 is 1.75 bits per heavy atom. The van der Waals surface area contributed by atoms with Gasteiger partial charge >= 0.3 is 0 Å². The lowest BCUT2D eigenvalue weighted by Crippen LogP contribution is -2.07. The average Bonchev–Trinajstić information content (AvgIpc) is 2.79. The zero-order valence-corrected chi connectivity index (χ0v) is 19.3. The first-order chi connectivity index (χ1) is 15.7. The normalized spacial score (nSPS) is 13.0. The molecular formula is C28H34O4. The Labute approximate surface area is 191 Å². The lowest BCUT2D eigenvalue weighted by Gasteiger charge is -2.23. The maximum absolute atomic E-state index is 10.6. The molecule has 1 saturated carbocycles. The molecule has 1 fully saturated rings. The van der Waals surface area contributed by atoms with Gasteiger partial charge in [-0.1, -0.05) is 44.7 Å². The first-order valence-corrected chi connectivity index (χ1v) is 11.7. The molecule has 0 radical (unpaired) electrons. The molecule has 170 valence electrons. The third kappa shape index (κ3) is 6.74. The van der Waals surface area contributed by atoms with Gasteiger partial charge in [0.15, 0.2) is 11.5 Å². The monoisotopic (exact) mass is 434 g/mol. The summed E-state index contributed by atoms with van der Waals surface area (Å²) in [4.78, 5) is 10.6. The minimum absolute atomic E-state index is 0.637. The van der Waals surface area contributed by atoms with Crippen molar-refractivity contribution in [2.75, 3.05) is 13.7 Å². The van der Waals surface area contributed by atoms with Gasteiger partial charge in [0.05, 0.1) is 13.7 Å². The number of rotatable bonds is 13. The Bertz CT molecular complexity index is 919. The smallest absolute Gasteiger partial charge is 0.169 e. The Kier molecular flexibility index (Phi) is 9.42. The molecular weight excluding hydrogens is 400 g/mol. The van der Waals surface area contributed by atoms with E-state index >= 15 is 0 Å². The number of carbonyl (C=O) groups is 1. The fourth-order valence-corrected chi connectivity index (χ4v) is 3.65. The van der Waals surface area contributed by atoms with E-state index in [0.29, 0.717) is 11.5 Å². The minimum atomic E-state index is 0.637. The van der Waals surface area contributed by atoms with Crippen molar-refractivity contribution in [3.05, 3.63) is 65.2 Å². The highest BCUT2D eigenvalue weighted by Crippen LogP contribution is 2.38. The van der Waals surface area contributed by atoms with Crippen molar-refractivity contribution in [3.8, 4) is 17.2 Å². The van der Waals surface area contributed by atoms with Crippen LogP contribution in [0, 0.1) is 0 Å². The van der Waals surface area contributed by atoms with Crippen molar-refractivity contribution >= 4 is 18.1 Å². The molecule has 1 aliphatic carbocycles. The zero-order chi connectivity index (χ0) is 22.6. The molecule has 1 aliphatic rings. The van der Waals surface area contributed by atoms with Crippen LogP contribution in [0.1, 0.15) is 69.4 Å². The van der Waals surface area contributed by atoms with Crippen LogP contribution in [0.2, 0.25) is 0 Å². The van der Waals surface area contributed by atoms with Crippen LogP contribution in [0.3, 0.4) is 0 Å². The van der Waals surface area contributed by atoms with Gasteiger partial charge in [0.2, 0.25) is 0 Å². The van der Waals surface area contributed by atoms with Gasteiger partial charge in [-0.15, -0.1) is 0 Å². The summed E-state index contributed by atoms with van der Waals surface area (Å²) in [5, 5.41) is 0. The molecule has 0 heterocycles. The van der Waals surface area contributed by atoms with Crippen LogP contribution in [-0.2, 0) is 4.79 Å². The van der Waals surface area contributed by atoms with E-state index in [1.54, 1.807) is 13.2 Å². The van der Waals surface area contributed by atoms with E-state index in [2.05, 4.69) is 19.1 Å². The van der Waals surface area contributed by atoms with Gasteiger partial charge < -0.3 is 14.2 Å². The Hall–Kier alpha value is -3.01. The second-order valence-corrected chi connectivity index (χ2v) is 8.08. The van der Waals surface area contributed by atoms with Gasteiger partial charge in [-0.2, -0.15) is 0 Å². The quantitative estimate of drug-likeness (QED) is 0.144. The highest BCUT2D eigenvalue weighted by Gasteiger charge is 2.20. The van der Waals surface area contributed by atoms with E-state index in [4.69, 9.17) is 14.2 Å². The van der Waals surface area contributed by atoms with Gasteiger partial charge in [-0.25, -0.2) is 0 Å². The number of unbranched alkanes of at least 4 members (excludes halogenated alkanes) is 4. The largest absolute Gasteiger partial charge is 0.494 e. The first kappa shape index (κ1) is 23.6. The van der Waals surface area contributed by atoms with Crippen molar-refractivity contribution < 1.29 is 19.0 Å². The van der Waals surface area contributed by atoms with Gasteiger partial charge in [0, 0.05) is 5.56 Å². The molecule has 2 aromatic carbocycles. The summed E-state index contributed by atoms with van der Waals surface area (Å²) in [5.41, 5.74) is 3.25. The predicted molar refractivity (Wildman–Crippen MR) is 130 cm³/mol. The zero-order valence-electron chi connectivity index (χ0n) is 19.3. The fraction of sp³-hybridized carbons (Fsp3) is 0.393. The van der Waals surface area contributed by atoms with Gasteiger partial charge in [0.25, 0.3) is 0 Å². The summed E-state index contributed by atoms with van der Waals surface area (Å²) < 4.78 is 17.8. The molecule has 0 atom stereocenters. The molecule has 3 rings (SSSR count). The van der Waals surface area contributed by atoms with E-state index in [0.717, 1.165) is 54.8 Å². The van der Waals surface area contributed by atoms with Gasteiger partial charge in [0.1, 0.15) is 17.8 Å². The molecule has 0 aliphatic heterocycles. The highest BCUT2D eigenvalue weighted by atomic mass is 16.5. The molecule has 4 nitrogen and oxygen atoms in total. The van der Waals surface area contributed by atoms with Crippen molar-refractivity contribution in [1.82, 2.24) is 0 Å². The van der Waals surface area contributed by atoms with E-state index in [9.17, 15) is 4.79 Å². The predicted octanol–water partition coefficient (Wildman–Crippen LogP) is 7.23. The van der Waals surface area contributed by atoms with Gasteiger partial charge in [-0.3, -0.25) is 4.79 Å². The maximum atomic E-state index is 10.6. The van der Waals surface area contributed by atoms with Gasteiger partial charge in [-0.05, 0) is 79.3 Å². The molecule has 0 N–H and O–H groups in total. The summed E-state index contributed by atoms with van der Waals surface area (Å²) in [6.45, 7) is 2.99. The van der Waals surface area contributed by atoms with Crippen LogP contribution >= 0.6 is 0 Å². The van der Waals surface area contributed by atoms with Crippen molar-refractivity contribution in [2.24, 2.45) is 0 Å². The fourth-order valence-electron chi connectivity index (χ4n) is 3.65. The number of hydrogen-bond donors (Lipinski definition) is 0. The van der Waals surface area contributed by atoms with Crippen molar-refractivity contribution in [2.45, 2.75) is 58.3 Å². The number of ether oxygens (including phenoxy) is 3. The van der Waals surface area contributed by atoms with Crippen LogP contribution in [0.25, 0.3) is 11.8 Å². The SMILES string of the molecule is CCCCCCCOc1ccc(C(Oc2ccc(/C=C/C=O)cc2OC)=C2CCC2)cc1. The second kappa shape index (κ2) is 12.7. The maximum Gasteiger partial charge on any atom is 0.169 e. The number of aldehydes is 1. The van der Waals surface area contributed by atoms with E-state index < -0.39 is 0 Å². The first-order valence-electron chi connectivity index (χ1n) is 11.7. The number of allylic oxidation sites excluding steroid dienone is 2. The molecule has 2 aromatic rings. The Morgan fingerprint density at radius 3 is 2.41 bits per heavy atom. The Morgan fingerprint density at radius 1 is 0.969 bits per heavy atom. The van der Waals surface area contributed by atoms with Crippen LogP contribution in [0.4, 0.5) is 0 Å². The highest BCUT2D eigenvalue weighted by molar-refractivity contribution is 5.74. The molecule has 0 amide bonds. The van der Waals surface area contributed by atoms with E-state index in [-0.39, 0.29) is 0 Å². The molecule has 0 bridgehead atoms. The molecule has 32 heavy (non-hydrogen) atoms. The lowest BCUT2D eigenvalue weighted by atomic mass is 9.89. The van der Waals surface area contributed by atoms with E-state index in [1.165, 1.54) is 43.8 Å². The summed E-state index contributed by atoms with van der Waals surface area (Å²) in [5.74, 6) is 3.10. The minimum Gasteiger partial charge on any atom is -0.494 e. The lowest BCUT2D eigenvalue weighted by molar-refractivity contribution is -0.104. The Balaban J connectivity index is 1.69. The topological polar surface area (TPSA) is 44.8 Å². The second-order valence-electron chi connectivity index (χ2n) is 8.08. The third-order valence-corrected chi connectivity index (χ3v) is 5.68. The van der Waals surface area contributed by atoms with Crippen LogP contribution < -0.4 is 14.2 Å². The number of methoxy groups -OCH3 is 1. The summed E-state index contributed by atoms with van der Waals surface area (Å²) >= 11 is 0. The van der Waals surface area contributed by atoms with Crippen molar-refractivity contribution in [1.29, 1.82) is 0 Å². The summed E-state index contributed by atoms with van der Waals surface area (Å²) in [6, 6.07) is 13.9. The molecule has 0 aromatic heterocycles. The molecule has 0 spiro atoms. The molecule has 0 unspecified atom stereocenters. The summed E-state index contributed by atoms with van der Waals surface area (Å²) in [7, 11) is 1.62.